The molecule has 0 fully saturated rings. The van der Waals surface area contributed by atoms with E-state index in [2.05, 4.69) is 10.6 Å². The van der Waals surface area contributed by atoms with Crippen LogP contribution in [-0.4, -0.2) is 41.8 Å². The van der Waals surface area contributed by atoms with Crippen molar-refractivity contribution in [1.29, 1.82) is 0 Å². The molecule has 0 radical (unpaired) electrons. The molecule has 0 saturated carbocycles. The van der Waals surface area contributed by atoms with Gasteiger partial charge in [-0.3, -0.25) is 9.59 Å². The molecule has 0 aliphatic rings. The van der Waals surface area contributed by atoms with Crippen LogP contribution in [0.5, 0.6) is 0 Å². The molecule has 0 bridgehead atoms. The number of hydrogen-bond acceptors (Lipinski definition) is 4. The lowest BCUT2D eigenvalue weighted by Crippen LogP contribution is -2.32. The number of rotatable bonds is 12. The Bertz CT molecular complexity index is 391. The molecule has 3 N–H and O–H groups in total. The summed E-state index contributed by atoms with van der Waals surface area (Å²) in [5.74, 6) is -1.16. The van der Waals surface area contributed by atoms with E-state index in [1.54, 1.807) is 0 Å². The first-order valence-corrected chi connectivity index (χ1v) is 8.66. The van der Waals surface area contributed by atoms with Crippen LogP contribution in [0.4, 0.5) is 4.79 Å². The number of ether oxygens (including phenoxy) is 1. The van der Waals surface area contributed by atoms with Gasteiger partial charge >= 0.3 is 12.1 Å². The average molecular weight is 344 g/mol. The molecule has 0 spiro atoms. The summed E-state index contributed by atoms with van der Waals surface area (Å²) in [6.07, 6.45) is 5.60. The van der Waals surface area contributed by atoms with Crippen molar-refractivity contribution in [1.82, 2.24) is 10.6 Å². The summed E-state index contributed by atoms with van der Waals surface area (Å²) in [6.45, 7) is 6.72. The number of unbranched alkanes of at least 4 members (excludes halogenated alkanes) is 5. The van der Waals surface area contributed by atoms with Gasteiger partial charge in [0.25, 0.3) is 0 Å². The van der Waals surface area contributed by atoms with Crippen molar-refractivity contribution < 1.29 is 24.2 Å². The number of carboxylic acid groups (broad SMARTS) is 1. The molecule has 24 heavy (non-hydrogen) atoms. The normalized spacial score (nSPS) is 11.0. The van der Waals surface area contributed by atoms with Crippen molar-refractivity contribution in [3.8, 4) is 0 Å². The van der Waals surface area contributed by atoms with Crippen molar-refractivity contribution in [3.63, 3.8) is 0 Å². The maximum atomic E-state index is 11.4. The summed E-state index contributed by atoms with van der Waals surface area (Å²) >= 11 is 0. The van der Waals surface area contributed by atoms with Crippen LogP contribution in [-0.2, 0) is 14.3 Å². The van der Waals surface area contributed by atoms with Crippen molar-refractivity contribution >= 4 is 18.0 Å². The highest BCUT2D eigenvalue weighted by atomic mass is 16.6. The third-order valence-electron chi connectivity index (χ3n) is 3.16. The van der Waals surface area contributed by atoms with Crippen molar-refractivity contribution in [3.05, 3.63) is 0 Å². The third kappa shape index (κ3) is 16.6. The van der Waals surface area contributed by atoms with Gasteiger partial charge in [-0.25, -0.2) is 4.79 Å². The van der Waals surface area contributed by atoms with Crippen molar-refractivity contribution in [2.45, 2.75) is 77.7 Å². The molecule has 0 unspecified atom stereocenters. The van der Waals surface area contributed by atoms with Gasteiger partial charge in [0, 0.05) is 19.5 Å². The van der Waals surface area contributed by atoms with E-state index in [9.17, 15) is 14.4 Å². The summed E-state index contributed by atoms with van der Waals surface area (Å²) in [7, 11) is 0. The zero-order valence-corrected chi connectivity index (χ0v) is 15.2. The predicted octanol–water partition coefficient (Wildman–Crippen LogP) is 2.83. The minimum absolute atomic E-state index is 0.0416. The molecule has 0 aromatic rings. The number of nitrogens with one attached hydrogen (secondary N) is 2. The monoisotopic (exact) mass is 344 g/mol. The van der Waals surface area contributed by atoms with E-state index in [4.69, 9.17) is 9.84 Å². The SMILES string of the molecule is CC(C)(C)OC(=O)NCCCCCCCCNC(=O)CCC(=O)O. The van der Waals surface area contributed by atoms with Crippen LogP contribution >= 0.6 is 0 Å². The quantitative estimate of drug-likeness (QED) is 0.472. The fraction of sp³-hybridized carbons (Fsp3) is 0.824. The van der Waals surface area contributed by atoms with E-state index < -0.39 is 11.6 Å². The van der Waals surface area contributed by atoms with Gasteiger partial charge in [0.1, 0.15) is 5.60 Å². The van der Waals surface area contributed by atoms with Gasteiger partial charge in [-0.2, -0.15) is 0 Å². The molecule has 0 atom stereocenters. The lowest BCUT2D eigenvalue weighted by atomic mass is 10.1. The number of carboxylic acids is 1. The van der Waals surface area contributed by atoms with Crippen molar-refractivity contribution in [2.75, 3.05) is 13.1 Å². The molecular weight excluding hydrogens is 312 g/mol. The first kappa shape index (κ1) is 22.2. The maximum Gasteiger partial charge on any atom is 0.407 e. The number of carbonyl (C=O) groups is 3. The molecule has 0 heterocycles. The zero-order valence-electron chi connectivity index (χ0n) is 15.2. The largest absolute Gasteiger partial charge is 0.481 e. The Morgan fingerprint density at radius 3 is 1.83 bits per heavy atom. The average Bonchev–Trinajstić information content (AvgIpc) is 2.45. The molecule has 0 aromatic carbocycles. The highest BCUT2D eigenvalue weighted by molar-refractivity contribution is 5.80. The molecule has 0 aliphatic heterocycles. The highest BCUT2D eigenvalue weighted by Gasteiger charge is 2.15. The molecule has 0 aromatic heterocycles. The van der Waals surface area contributed by atoms with Crippen LogP contribution in [0.2, 0.25) is 0 Å². The minimum atomic E-state index is -0.952. The molecule has 0 rings (SSSR count). The van der Waals surface area contributed by atoms with Crippen LogP contribution in [0, 0.1) is 0 Å². The predicted molar refractivity (Wildman–Crippen MR) is 91.8 cm³/mol. The Morgan fingerprint density at radius 1 is 0.833 bits per heavy atom. The second-order valence-corrected chi connectivity index (χ2v) is 6.79. The zero-order chi connectivity index (χ0) is 18.4. The Morgan fingerprint density at radius 2 is 1.33 bits per heavy atom. The van der Waals surface area contributed by atoms with Gasteiger partial charge in [-0.1, -0.05) is 25.7 Å². The van der Waals surface area contributed by atoms with E-state index in [1.807, 2.05) is 20.8 Å². The van der Waals surface area contributed by atoms with E-state index in [0.717, 1.165) is 38.5 Å². The molecule has 7 nitrogen and oxygen atoms in total. The number of carbonyl (C=O) groups excluding carboxylic acids is 2. The fourth-order valence-corrected chi connectivity index (χ4v) is 2.00. The number of amides is 2. The van der Waals surface area contributed by atoms with Gasteiger partial charge in [0.2, 0.25) is 5.91 Å². The molecule has 140 valence electrons. The Balaban J connectivity index is 3.33. The van der Waals surface area contributed by atoms with Crippen LogP contribution < -0.4 is 10.6 Å². The van der Waals surface area contributed by atoms with Crippen LogP contribution in [0.3, 0.4) is 0 Å². The fourth-order valence-electron chi connectivity index (χ4n) is 2.00. The smallest absolute Gasteiger partial charge is 0.407 e. The Hall–Kier alpha value is -1.79. The second-order valence-electron chi connectivity index (χ2n) is 6.79. The lowest BCUT2D eigenvalue weighted by Gasteiger charge is -2.19. The van der Waals surface area contributed by atoms with Gasteiger partial charge < -0.3 is 20.5 Å². The first-order chi connectivity index (χ1) is 11.2. The third-order valence-corrected chi connectivity index (χ3v) is 3.16. The molecule has 7 heteroatoms. The van der Waals surface area contributed by atoms with Gasteiger partial charge in [-0.15, -0.1) is 0 Å². The van der Waals surface area contributed by atoms with Crippen LogP contribution in [0.1, 0.15) is 72.1 Å². The number of alkyl carbamates (subject to hydrolysis) is 1. The maximum absolute atomic E-state index is 11.4. The summed E-state index contributed by atoms with van der Waals surface area (Å²) in [5, 5.41) is 13.9. The summed E-state index contributed by atoms with van der Waals surface area (Å²) in [4.78, 5) is 33.0. The molecule has 0 aliphatic carbocycles. The lowest BCUT2D eigenvalue weighted by molar-refractivity contribution is -0.138. The van der Waals surface area contributed by atoms with Gasteiger partial charge in [0.05, 0.1) is 6.42 Å². The molecule has 2 amide bonds. The second kappa shape index (κ2) is 12.6. The van der Waals surface area contributed by atoms with E-state index in [1.165, 1.54) is 0 Å². The first-order valence-electron chi connectivity index (χ1n) is 8.66. The number of hydrogen-bond donors (Lipinski definition) is 3. The minimum Gasteiger partial charge on any atom is -0.481 e. The summed E-state index contributed by atoms with van der Waals surface area (Å²) in [5.41, 5.74) is -0.465. The van der Waals surface area contributed by atoms with Gasteiger partial charge in [0.15, 0.2) is 0 Å². The van der Waals surface area contributed by atoms with E-state index in [-0.39, 0.29) is 24.8 Å². The topological polar surface area (TPSA) is 105 Å². The molecule has 0 saturated heterocycles. The summed E-state index contributed by atoms with van der Waals surface area (Å²) in [6, 6.07) is 0. The van der Waals surface area contributed by atoms with Crippen molar-refractivity contribution in [2.24, 2.45) is 0 Å². The van der Waals surface area contributed by atoms with Crippen LogP contribution in [0.25, 0.3) is 0 Å². The molecular formula is C17H32N2O5. The number of aliphatic carboxylic acids is 1. The van der Waals surface area contributed by atoms with Gasteiger partial charge in [-0.05, 0) is 33.6 Å². The Labute approximate surface area is 144 Å². The van der Waals surface area contributed by atoms with E-state index >= 15 is 0 Å². The van der Waals surface area contributed by atoms with E-state index in [0.29, 0.717) is 13.1 Å². The van der Waals surface area contributed by atoms with Crippen LogP contribution in [0.15, 0.2) is 0 Å². The highest BCUT2D eigenvalue weighted by Crippen LogP contribution is 2.07. The Kier molecular flexibility index (Phi) is 11.7. The standard InChI is InChI=1S/C17H32N2O5/c1-17(2,3)24-16(23)19-13-9-7-5-4-6-8-12-18-14(20)10-11-15(21)22/h4-13H2,1-3H3,(H,18,20)(H,19,23)(H,21,22). The summed E-state index contributed by atoms with van der Waals surface area (Å²) < 4.78 is 5.14.